The number of nitrogens with one attached hydrogen (secondary N) is 1. The first-order valence-electron chi connectivity index (χ1n) is 6.51. The van der Waals surface area contributed by atoms with Gasteiger partial charge in [-0.3, -0.25) is 4.40 Å². The molecule has 0 atom stereocenters. The van der Waals surface area contributed by atoms with Crippen molar-refractivity contribution in [2.24, 2.45) is 0 Å². The molecule has 0 aliphatic carbocycles. The van der Waals surface area contributed by atoms with E-state index in [1.165, 1.54) is 5.69 Å². The van der Waals surface area contributed by atoms with Crippen LogP contribution in [-0.2, 0) is 11.3 Å². The second kappa shape index (κ2) is 6.36. The van der Waals surface area contributed by atoms with Crippen molar-refractivity contribution in [2.45, 2.75) is 26.4 Å². The molecular formula is C13H22N4OS. The zero-order valence-electron chi connectivity index (χ0n) is 12.0. The van der Waals surface area contributed by atoms with Gasteiger partial charge in [0, 0.05) is 44.9 Å². The first kappa shape index (κ1) is 14.3. The Kier molecular flexibility index (Phi) is 4.79. The number of rotatable bonds is 7. The molecule has 2 aromatic heterocycles. The van der Waals surface area contributed by atoms with Crippen LogP contribution in [-0.4, -0.2) is 42.7 Å². The number of thiazole rings is 1. The van der Waals surface area contributed by atoms with Gasteiger partial charge in [-0.1, -0.05) is 13.8 Å². The van der Waals surface area contributed by atoms with Crippen LogP contribution in [0.1, 0.15) is 19.5 Å². The molecule has 0 aromatic carbocycles. The third kappa shape index (κ3) is 3.26. The summed E-state index contributed by atoms with van der Waals surface area (Å²) in [5.41, 5.74) is 1.21. The standard InChI is InChI=1S/C13H22N4OS/c1-10(2)14-9-11-12(16(3)5-7-18-4)15-13-17(11)6-8-19-13/h6,8,10,14H,5,7,9H2,1-4H3. The quantitative estimate of drug-likeness (QED) is 0.843. The number of imidazole rings is 1. The van der Waals surface area contributed by atoms with E-state index in [9.17, 15) is 0 Å². The van der Waals surface area contributed by atoms with Crippen LogP contribution >= 0.6 is 11.3 Å². The molecule has 0 spiro atoms. The Labute approximate surface area is 118 Å². The smallest absolute Gasteiger partial charge is 0.195 e. The van der Waals surface area contributed by atoms with Gasteiger partial charge in [-0.2, -0.15) is 0 Å². The van der Waals surface area contributed by atoms with E-state index in [1.807, 2.05) is 0 Å². The number of hydrogen-bond acceptors (Lipinski definition) is 5. The average molecular weight is 282 g/mol. The lowest BCUT2D eigenvalue weighted by atomic mass is 10.3. The molecule has 2 rings (SSSR count). The predicted octanol–water partition coefficient (Wildman–Crippen LogP) is 1.98. The van der Waals surface area contributed by atoms with Crippen molar-refractivity contribution in [3.8, 4) is 0 Å². The van der Waals surface area contributed by atoms with Gasteiger partial charge >= 0.3 is 0 Å². The molecule has 106 valence electrons. The van der Waals surface area contributed by atoms with Gasteiger partial charge in [0.25, 0.3) is 0 Å². The second-order valence-electron chi connectivity index (χ2n) is 4.89. The van der Waals surface area contributed by atoms with E-state index in [-0.39, 0.29) is 0 Å². The van der Waals surface area contributed by atoms with E-state index in [0.717, 1.165) is 23.9 Å². The molecule has 1 N–H and O–H groups in total. The molecule has 0 bridgehead atoms. The van der Waals surface area contributed by atoms with Gasteiger partial charge in [-0.15, -0.1) is 11.3 Å². The van der Waals surface area contributed by atoms with Gasteiger partial charge in [0.05, 0.1) is 12.3 Å². The number of ether oxygens (including phenoxy) is 1. The van der Waals surface area contributed by atoms with Crippen molar-refractivity contribution in [2.75, 3.05) is 32.2 Å². The zero-order chi connectivity index (χ0) is 13.8. The topological polar surface area (TPSA) is 41.8 Å². The number of aromatic nitrogens is 2. The van der Waals surface area contributed by atoms with Crippen LogP contribution in [0.5, 0.6) is 0 Å². The number of methoxy groups -OCH3 is 1. The van der Waals surface area contributed by atoms with E-state index in [2.05, 4.69) is 47.1 Å². The molecule has 2 aromatic rings. The fourth-order valence-electron chi connectivity index (χ4n) is 1.93. The van der Waals surface area contributed by atoms with Crippen molar-refractivity contribution < 1.29 is 4.74 Å². The minimum atomic E-state index is 0.460. The average Bonchev–Trinajstić information content (AvgIpc) is 2.93. The molecule has 0 aliphatic heterocycles. The summed E-state index contributed by atoms with van der Waals surface area (Å²) in [5, 5.41) is 5.54. The van der Waals surface area contributed by atoms with Gasteiger partial charge in [-0.25, -0.2) is 4.98 Å². The fraction of sp³-hybridized carbons (Fsp3) is 0.615. The second-order valence-corrected chi connectivity index (χ2v) is 5.76. The first-order valence-corrected chi connectivity index (χ1v) is 7.39. The highest BCUT2D eigenvalue weighted by Crippen LogP contribution is 2.23. The molecule has 0 aliphatic rings. The van der Waals surface area contributed by atoms with Gasteiger partial charge < -0.3 is 15.0 Å². The molecule has 5 nitrogen and oxygen atoms in total. The van der Waals surface area contributed by atoms with E-state index < -0.39 is 0 Å². The highest BCUT2D eigenvalue weighted by molar-refractivity contribution is 7.15. The highest BCUT2D eigenvalue weighted by Gasteiger charge is 2.16. The first-order chi connectivity index (χ1) is 9.13. The molecule has 0 amide bonds. The minimum absolute atomic E-state index is 0.460. The molecule has 0 unspecified atom stereocenters. The monoisotopic (exact) mass is 282 g/mol. The maximum Gasteiger partial charge on any atom is 0.195 e. The molecule has 0 fully saturated rings. The summed E-state index contributed by atoms with van der Waals surface area (Å²) in [6, 6.07) is 0.460. The van der Waals surface area contributed by atoms with Gasteiger partial charge in [0.1, 0.15) is 0 Å². The summed E-state index contributed by atoms with van der Waals surface area (Å²) in [5.74, 6) is 1.04. The van der Waals surface area contributed by atoms with Crippen LogP contribution in [0.4, 0.5) is 5.82 Å². The Bertz CT molecular complexity index is 520. The molecule has 2 heterocycles. The highest BCUT2D eigenvalue weighted by atomic mass is 32.1. The SMILES string of the molecule is COCCN(C)c1nc2sccn2c1CNC(C)C. The third-order valence-electron chi connectivity index (χ3n) is 3.01. The van der Waals surface area contributed by atoms with E-state index in [0.29, 0.717) is 12.6 Å². The molecule has 19 heavy (non-hydrogen) atoms. The maximum absolute atomic E-state index is 5.14. The molecule has 0 saturated heterocycles. The minimum Gasteiger partial charge on any atom is -0.383 e. The number of hydrogen-bond donors (Lipinski definition) is 1. The lowest BCUT2D eigenvalue weighted by molar-refractivity contribution is 0.206. The summed E-state index contributed by atoms with van der Waals surface area (Å²) >= 11 is 1.66. The van der Waals surface area contributed by atoms with Gasteiger partial charge in [-0.05, 0) is 0 Å². The Balaban J connectivity index is 2.25. The van der Waals surface area contributed by atoms with E-state index in [1.54, 1.807) is 18.4 Å². The van der Waals surface area contributed by atoms with Gasteiger partial charge in [0.2, 0.25) is 0 Å². The maximum atomic E-state index is 5.14. The molecule has 0 saturated carbocycles. The van der Waals surface area contributed by atoms with Crippen LogP contribution in [0.25, 0.3) is 4.96 Å². The van der Waals surface area contributed by atoms with Crippen molar-refractivity contribution in [3.05, 3.63) is 17.3 Å². The normalized spacial score (nSPS) is 11.6. The van der Waals surface area contributed by atoms with Crippen molar-refractivity contribution in [1.82, 2.24) is 14.7 Å². The Morgan fingerprint density at radius 3 is 3.00 bits per heavy atom. The summed E-state index contributed by atoms with van der Waals surface area (Å²) < 4.78 is 7.30. The number of likely N-dealkylation sites (N-methyl/N-ethyl adjacent to an activating group) is 1. The predicted molar refractivity (Wildman–Crippen MR) is 80.2 cm³/mol. The van der Waals surface area contributed by atoms with Crippen LogP contribution in [0.15, 0.2) is 11.6 Å². The largest absolute Gasteiger partial charge is 0.383 e. The summed E-state index contributed by atoms with van der Waals surface area (Å²) in [6.07, 6.45) is 2.08. The Hall–Kier alpha value is -1.11. The lowest BCUT2D eigenvalue weighted by Crippen LogP contribution is -2.27. The van der Waals surface area contributed by atoms with E-state index in [4.69, 9.17) is 9.72 Å². The van der Waals surface area contributed by atoms with Crippen molar-refractivity contribution >= 4 is 22.1 Å². The Morgan fingerprint density at radius 1 is 1.53 bits per heavy atom. The summed E-state index contributed by atoms with van der Waals surface area (Å²) in [6.45, 7) is 6.68. The lowest BCUT2D eigenvalue weighted by Gasteiger charge is -2.18. The molecule has 6 heteroatoms. The third-order valence-corrected chi connectivity index (χ3v) is 3.77. The van der Waals surface area contributed by atoms with Crippen molar-refractivity contribution in [3.63, 3.8) is 0 Å². The summed E-state index contributed by atoms with van der Waals surface area (Å²) in [4.78, 5) is 7.91. The number of anilines is 1. The van der Waals surface area contributed by atoms with Crippen LogP contribution in [0.3, 0.4) is 0 Å². The molecule has 0 radical (unpaired) electrons. The van der Waals surface area contributed by atoms with Crippen LogP contribution in [0.2, 0.25) is 0 Å². The molecular weight excluding hydrogens is 260 g/mol. The fourth-order valence-corrected chi connectivity index (χ4v) is 2.65. The Morgan fingerprint density at radius 2 is 2.32 bits per heavy atom. The zero-order valence-corrected chi connectivity index (χ0v) is 12.8. The number of nitrogens with zero attached hydrogens (tertiary/aromatic N) is 3. The van der Waals surface area contributed by atoms with Crippen LogP contribution in [0, 0.1) is 0 Å². The van der Waals surface area contributed by atoms with Crippen LogP contribution < -0.4 is 10.2 Å². The van der Waals surface area contributed by atoms with Crippen molar-refractivity contribution in [1.29, 1.82) is 0 Å². The van der Waals surface area contributed by atoms with Gasteiger partial charge in [0.15, 0.2) is 10.8 Å². The van der Waals surface area contributed by atoms with E-state index >= 15 is 0 Å². The summed E-state index contributed by atoms with van der Waals surface area (Å²) in [7, 11) is 3.78. The number of fused-ring (bicyclic) bond motifs is 1.